The Morgan fingerprint density at radius 3 is 2.32 bits per heavy atom. The van der Waals surface area contributed by atoms with Crippen LogP contribution in [-0.2, 0) is 24.2 Å². The van der Waals surface area contributed by atoms with Gasteiger partial charge in [-0.2, -0.15) is 0 Å². The minimum Gasteiger partial charge on any atom is -0.481 e. The van der Waals surface area contributed by atoms with E-state index in [-0.39, 0.29) is 37.0 Å². The number of benzene rings is 2. The molecule has 9 heteroatoms. The highest BCUT2D eigenvalue weighted by molar-refractivity contribution is 7.93. The Balaban J connectivity index is 1.88. The van der Waals surface area contributed by atoms with Crippen molar-refractivity contribution >= 4 is 44.9 Å². The smallest absolute Gasteiger partial charge is 0.304 e. The van der Waals surface area contributed by atoms with E-state index in [0.29, 0.717) is 22.0 Å². The molecule has 1 saturated carbocycles. The monoisotopic (exact) mass is 579 g/mol. The van der Waals surface area contributed by atoms with Gasteiger partial charge in [0.05, 0.1) is 17.1 Å². The Kier molecular flexibility index (Phi) is 8.23. The van der Waals surface area contributed by atoms with Gasteiger partial charge in [0.2, 0.25) is 5.91 Å². The molecule has 2 aliphatic rings. The van der Waals surface area contributed by atoms with Gasteiger partial charge in [-0.05, 0) is 87.3 Å². The molecule has 2 aromatic rings. The molecule has 4 atom stereocenters. The number of hydrogen-bond donors (Lipinski definition) is 2. The lowest BCUT2D eigenvalue weighted by Crippen LogP contribution is -2.58. The van der Waals surface area contributed by atoms with Crippen LogP contribution in [0.1, 0.15) is 76.3 Å². The van der Waals surface area contributed by atoms with E-state index in [1.54, 1.807) is 44.2 Å². The molecule has 38 heavy (non-hydrogen) atoms. The van der Waals surface area contributed by atoms with E-state index in [1.807, 2.05) is 25.1 Å². The van der Waals surface area contributed by atoms with Crippen LogP contribution < -0.4 is 5.32 Å². The second-order valence-corrected chi connectivity index (χ2v) is 14.8. The van der Waals surface area contributed by atoms with Crippen LogP contribution in [-0.4, -0.2) is 36.7 Å². The fourth-order valence-corrected chi connectivity index (χ4v) is 9.04. The Bertz CT molecular complexity index is 1310. The lowest BCUT2D eigenvalue weighted by Gasteiger charge is -2.47. The third kappa shape index (κ3) is 5.22. The summed E-state index contributed by atoms with van der Waals surface area (Å²) in [5, 5.41) is 13.2. The van der Waals surface area contributed by atoms with Gasteiger partial charge in [0, 0.05) is 22.0 Å². The molecule has 0 aromatic heterocycles. The van der Waals surface area contributed by atoms with Crippen molar-refractivity contribution < 1.29 is 23.1 Å². The van der Waals surface area contributed by atoms with Gasteiger partial charge in [-0.15, -0.1) is 0 Å². The fraction of sp³-hybridized carbons (Fsp3) is 0.517. The van der Waals surface area contributed by atoms with Crippen LogP contribution in [0.4, 0.5) is 0 Å². The van der Waals surface area contributed by atoms with E-state index in [2.05, 4.69) is 5.32 Å². The molecule has 6 nitrogen and oxygen atoms in total. The SMILES string of the molecule is CC[C@@]1(CC(=O)O)C[C@H](c2cccc(Cl)c2)[C@H](C[C@@](c2ccc(Cl)cc2)(C2CC2)S(=O)(=O)C(C)C)NC1=O. The first kappa shape index (κ1) is 28.9. The summed E-state index contributed by atoms with van der Waals surface area (Å²) in [5.74, 6) is -1.79. The van der Waals surface area contributed by atoms with E-state index >= 15 is 0 Å². The molecular formula is C29H35Cl2NO5S. The molecule has 1 heterocycles. The topological polar surface area (TPSA) is 101 Å². The molecular weight excluding hydrogens is 545 g/mol. The molecule has 0 radical (unpaired) electrons. The first-order valence-corrected chi connectivity index (χ1v) is 15.4. The summed E-state index contributed by atoms with van der Waals surface area (Å²) < 4.78 is 27.3. The van der Waals surface area contributed by atoms with Crippen molar-refractivity contribution in [2.45, 2.75) is 81.3 Å². The Labute approximate surface area is 235 Å². The highest BCUT2D eigenvalue weighted by atomic mass is 35.5. The molecule has 1 amide bonds. The number of rotatable bonds is 10. The summed E-state index contributed by atoms with van der Waals surface area (Å²) in [6.07, 6.45) is 2.06. The Morgan fingerprint density at radius 1 is 1.13 bits per heavy atom. The second kappa shape index (κ2) is 10.8. The van der Waals surface area contributed by atoms with Crippen LogP contribution in [0, 0.1) is 11.3 Å². The molecule has 2 aromatic carbocycles. The third-order valence-corrected chi connectivity index (χ3v) is 12.0. The molecule has 0 spiro atoms. The number of aliphatic carboxylic acids is 1. The predicted molar refractivity (Wildman–Crippen MR) is 150 cm³/mol. The molecule has 2 N–H and O–H groups in total. The van der Waals surface area contributed by atoms with Gasteiger partial charge in [-0.3, -0.25) is 9.59 Å². The van der Waals surface area contributed by atoms with Crippen LogP contribution in [0.15, 0.2) is 48.5 Å². The number of amides is 1. The molecule has 0 bridgehead atoms. The van der Waals surface area contributed by atoms with Crippen LogP contribution in [0.25, 0.3) is 0 Å². The predicted octanol–water partition coefficient (Wildman–Crippen LogP) is 6.36. The van der Waals surface area contributed by atoms with E-state index in [0.717, 1.165) is 18.4 Å². The zero-order valence-electron chi connectivity index (χ0n) is 21.9. The molecule has 1 aliphatic heterocycles. The zero-order chi connectivity index (χ0) is 27.9. The second-order valence-electron chi connectivity index (χ2n) is 11.1. The maximum absolute atomic E-state index is 14.3. The van der Waals surface area contributed by atoms with Crippen LogP contribution in [0.5, 0.6) is 0 Å². The molecule has 0 unspecified atom stereocenters. The third-order valence-electron chi connectivity index (χ3n) is 8.56. The minimum absolute atomic E-state index is 0.0927. The number of nitrogens with one attached hydrogen (secondary N) is 1. The average Bonchev–Trinajstić information content (AvgIpc) is 3.70. The number of piperidine rings is 1. The van der Waals surface area contributed by atoms with E-state index in [4.69, 9.17) is 23.2 Å². The normalized spacial score (nSPS) is 25.6. The first-order valence-electron chi connectivity index (χ1n) is 13.1. The summed E-state index contributed by atoms with van der Waals surface area (Å²) in [5.41, 5.74) is 0.429. The van der Waals surface area contributed by atoms with Gasteiger partial charge >= 0.3 is 5.97 Å². The van der Waals surface area contributed by atoms with Crippen molar-refractivity contribution in [1.29, 1.82) is 0 Å². The number of carboxylic acid groups (broad SMARTS) is 1. The van der Waals surface area contributed by atoms with Crippen molar-refractivity contribution in [1.82, 2.24) is 5.32 Å². The summed E-state index contributed by atoms with van der Waals surface area (Å²) in [7, 11) is -3.70. The number of halogens is 2. The summed E-state index contributed by atoms with van der Waals surface area (Å²) in [6, 6.07) is 13.8. The lowest BCUT2D eigenvalue weighted by molar-refractivity contribution is -0.148. The Morgan fingerprint density at radius 2 is 1.79 bits per heavy atom. The van der Waals surface area contributed by atoms with E-state index < -0.39 is 37.3 Å². The molecule has 1 aliphatic carbocycles. The lowest BCUT2D eigenvalue weighted by atomic mass is 9.65. The largest absolute Gasteiger partial charge is 0.481 e. The number of carboxylic acids is 1. The number of carbonyl (C=O) groups is 2. The fourth-order valence-electron chi connectivity index (χ4n) is 6.29. The van der Waals surface area contributed by atoms with Crippen LogP contribution >= 0.6 is 23.2 Å². The average molecular weight is 581 g/mol. The molecule has 1 saturated heterocycles. The maximum Gasteiger partial charge on any atom is 0.304 e. The van der Waals surface area contributed by atoms with Gasteiger partial charge in [0.15, 0.2) is 9.84 Å². The van der Waals surface area contributed by atoms with Crippen molar-refractivity contribution in [3.05, 3.63) is 69.7 Å². The summed E-state index contributed by atoms with van der Waals surface area (Å²) >= 11 is 12.5. The van der Waals surface area contributed by atoms with Gasteiger partial charge in [0.25, 0.3) is 0 Å². The summed E-state index contributed by atoms with van der Waals surface area (Å²) in [4.78, 5) is 25.4. The van der Waals surface area contributed by atoms with Crippen LogP contribution in [0.3, 0.4) is 0 Å². The van der Waals surface area contributed by atoms with Crippen molar-refractivity contribution in [3.63, 3.8) is 0 Å². The standard InChI is InChI=1S/C29H35Cl2NO5S/c1-4-28(17-26(33)34)15-24(19-6-5-7-23(31)14-19)25(32-27(28)35)16-29(20-8-9-20,38(36,37)18(2)3)21-10-12-22(30)13-11-21/h5-7,10-14,18,20,24-25H,4,8-9,15-17H2,1-3H3,(H,32,35)(H,33,34)/t24-,25+,28+,29+/m1/s1. The molecule has 206 valence electrons. The maximum atomic E-state index is 14.3. The first-order chi connectivity index (χ1) is 17.9. The van der Waals surface area contributed by atoms with Gasteiger partial charge in [-0.25, -0.2) is 8.42 Å². The Hall–Kier alpha value is -2.09. The van der Waals surface area contributed by atoms with Crippen LogP contribution in [0.2, 0.25) is 10.0 Å². The van der Waals surface area contributed by atoms with E-state index in [9.17, 15) is 23.1 Å². The minimum atomic E-state index is -3.70. The number of hydrogen-bond acceptors (Lipinski definition) is 4. The molecule has 2 fully saturated rings. The van der Waals surface area contributed by atoms with Crippen molar-refractivity contribution in [2.75, 3.05) is 0 Å². The molecule has 4 rings (SSSR count). The van der Waals surface area contributed by atoms with Crippen molar-refractivity contribution in [2.24, 2.45) is 11.3 Å². The number of sulfone groups is 1. The highest BCUT2D eigenvalue weighted by Gasteiger charge is 2.59. The van der Waals surface area contributed by atoms with E-state index in [1.165, 1.54) is 0 Å². The summed E-state index contributed by atoms with van der Waals surface area (Å²) in [6.45, 7) is 5.22. The number of carbonyl (C=O) groups excluding carboxylic acids is 1. The van der Waals surface area contributed by atoms with Gasteiger partial charge in [-0.1, -0.05) is 54.4 Å². The van der Waals surface area contributed by atoms with Gasteiger partial charge < -0.3 is 10.4 Å². The van der Waals surface area contributed by atoms with Gasteiger partial charge in [0.1, 0.15) is 4.75 Å². The quantitative estimate of drug-likeness (QED) is 0.341. The van der Waals surface area contributed by atoms with Crippen molar-refractivity contribution in [3.8, 4) is 0 Å². The highest BCUT2D eigenvalue weighted by Crippen LogP contribution is 2.57. The zero-order valence-corrected chi connectivity index (χ0v) is 24.2.